The summed E-state index contributed by atoms with van der Waals surface area (Å²) in [5.74, 6) is 0. The van der Waals surface area contributed by atoms with Crippen molar-refractivity contribution >= 4 is 12.4 Å². The number of hydrogen-bond acceptors (Lipinski definition) is 1. The molecule has 96 valence electrons. The highest BCUT2D eigenvalue weighted by molar-refractivity contribution is 5.85. The minimum Gasteiger partial charge on any atom is -0.506 e. The van der Waals surface area contributed by atoms with E-state index >= 15 is 0 Å². The lowest BCUT2D eigenvalue weighted by Gasteiger charge is -2.32. The number of pyridine rings is 1. The number of fused-ring (bicyclic) bond motifs is 1. The zero-order chi connectivity index (χ0) is 11.5. The lowest BCUT2D eigenvalue weighted by Crippen LogP contribution is -2.39. The molecule has 1 spiro atoms. The second-order valence-corrected chi connectivity index (χ2v) is 6.07. The average Bonchev–Trinajstić information content (AvgIpc) is 3.01. The van der Waals surface area contributed by atoms with E-state index in [-0.39, 0.29) is 17.9 Å². The molecule has 1 aliphatic heterocycles. The summed E-state index contributed by atoms with van der Waals surface area (Å²) in [4.78, 5) is 4.23. The van der Waals surface area contributed by atoms with Gasteiger partial charge in [-0.2, -0.15) is 0 Å². The van der Waals surface area contributed by atoms with E-state index < -0.39 is 0 Å². The zero-order valence-electron chi connectivity index (χ0n) is 10.4. The molecule has 1 aromatic rings. The standard InChI is InChI=1S/C14H17N3.ClH/c15-17-12-4-1-5-13(12)6-7-14(17,10-13)11-3-2-8-16-9-11;/h2-3,8-9,12H,1,4-7,10H2;1H. The summed E-state index contributed by atoms with van der Waals surface area (Å²) < 4.78 is 1.69. The first-order valence-electron chi connectivity index (χ1n) is 6.66. The Morgan fingerprint density at radius 1 is 1.33 bits per heavy atom. The molecule has 2 saturated carbocycles. The van der Waals surface area contributed by atoms with Crippen LogP contribution in [0.3, 0.4) is 0 Å². The summed E-state index contributed by atoms with van der Waals surface area (Å²) in [6.07, 6.45) is 11.0. The van der Waals surface area contributed by atoms with Crippen molar-refractivity contribution in [1.82, 2.24) is 4.98 Å². The Labute approximate surface area is 114 Å². The quantitative estimate of drug-likeness (QED) is 0.715. The third kappa shape index (κ3) is 1.23. The molecule has 2 aliphatic carbocycles. The molecule has 4 heteroatoms. The topological polar surface area (TPSA) is 38.2 Å². The second-order valence-electron chi connectivity index (χ2n) is 6.07. The molecule has 3 fully saturated rings. The van der Waals surface area contributed by atoms with Crippen LogP contribution < -0.4 is 0 Å². The molecule has 3 nitrogen and oxygen atoms in total. The van der Waals surface area contributed by atoms with Gasteiger partial charge >= 0.3 is 0 Å². The monoisotopic (exact) mass is 263 g/mol. The van der Waals surface area contributed by atoms with Crippen LogP contribution in [0.25, 0.3) is 5.53 Å². The lowest BCUT2D eigenvalue weighted by molar-refractivity contribution is -0.657. The highest BCUT2D eigenvalue weighted by Crippen LogP contribution is 2.65. The summed E-state index contributed by atoms with van der Waals surface area (Å²) in [6.45, 7) is 0. The molecule has 0 amide bonds. The fourth-order valence-corrected chi connectivity index (χ4v) is 4.73. The maximum atomic E-state index is 10.6. The van der Waals surface area contributed by atoms with Crippen molar-refractivity contribution in [2.24, 2.45) is 5.41 Å². The highest BCUT2D eigenvalue weighted by atomic mass is 35.5. The molecule has 2 heterocycles. The molecule has 4 rings (SSSR count). The van der Waals surface area contributed by atoms with Crippen LogP contribution in [0.1, 0.15) is 44.1 Å². The number of hydrogen-bond donors (Lipinski definition) is 0. The van der Waals surface area contributed by atoms with Crippen LogP contribution in [0, 0.1) is 5.41 Å². The van der Waals surface area contributed by atoms with Crippen LogP contribution in [-0.4, -0.2) is 15.7 Å². The molecule has 18 heavy (non-hydrogen) atoms. The van der Waals surface area contributed by atoms with Gasteiger partial charge in [0.2, 0.25) is 0 Å². The predicted octanol–water partition coefficient (Wildman–Crippen LogP) is 3.47. The fourth-order valence-electron chi connectivity index (χ4n) is 4.73. The molecule has 0 radical (unpaired) electrons. The van der Waals surface area contributed by atoms with E-state index in [1.54, 1.807) is 4.70 Å². The maximum Gasteiger partial charge on any atom is 0.179 e. The van der Waals surface area contributed by atoms with Crippen LogP contribution in [0.15, 0.2) is 24.5 Å². The smallest absolute Gasteiger partial charge is 0.179 e. The van der Waals surface area contributed by atoms with Gasteiger partial charge in [-0.15, -0.1) is 12.4 Å². The number of piperidine rings is 1. The third-order valence-corrected chi connectivity index (χ3v) is 5.47. The van der Waals surface area contributed by atoms with E-state index in [9.17, 15) is 5.53 Å². The Kier molecular flexibility index (Phi) is 2.53. The van der Waals surface area contributed by atoms with Crippen molar-refractivity contribution in [1.29, 1.82) is 0 Å². The van der Waals surface area contributed by atoms with E-state index in [0.717, 1.165) is 12.8 Å². The number of aromatic nitrogens is 1. The van der Waals surface area contributed by atoms with Crippen molar-refractivity contribution in [3.8, 4) is 0 Å². The lowest BCUT2D eigenvalue weighted by atomic mass is 9.82. The van der Waals surface area contributed by atoms with E-state index in [2.05, 4.69) is 11.1 Å². The van der Waals surface area contributed by atoms with Gasteiger partial charge in [0.05, 0.1) is 0 Å². The van der Waals surface area contributed by atoms with Gasteiger partial charge < -0.3 is 10.2 Å². The van der Waals surface area contributed by atoms with E-state index in [1.165, 1.54) is 31.2 Å². The van der Waals surface area contributed by atoms with Gasteiger partial charge in [0.15, 0.2) is 5.54 Å². The first-order valence-corrected chi connectivity index (χ1v) is 6.66. The summed E-state index contributed by atoms with van der Waals surface area (Å²) in [6, 6.07) is 4.50. The van der Waals surface area contributed by atoms with Gasteiger partial charge in [0.25, 0.3) is 0 Å². The summed E-state index contributed by atoms with van der Waals surface area (Å²) in [5, 5.41) is 0. The van der Waals surface area contributed by atoms with Crippen LogP contribution in [0.5, 0.6) is 0 Å². The molecular weight excluding hydrogens is 246 g/mol. The fraction of sp³-hybridized carbons (Fsp3) is 0.643. The number of rotatable bonds is 1. The summed E-state index contributed by atoms with van der Waals surface area (Å²) in [5.41, 5.74) is 12.1. The summed E-state index contributed by atoms with van der Waals surface area (Å²) in [7, 11) is 0. The van der Waals surface area contributed by atoms with Gasteiger partial charge in [0.1, 0.15) is 6.04 Å². The molecule has 0 N–H and O–H groups in total. The minimum absolute atomic E-state index is 0. The van der Waals surface area contributed by atoms with Crippen molar-refractivity contribution in [2.75, 3.05) is 0 Å². The predicted molar refractivity (Wildman–Crippen MR) is 70.7 cm³/mol. The van der Waals surface area contributed by atoms with Crippen LogP contribution in [0.4, 0.5) is 0 Å². The molecule has 1 aromatic heterocycles. The normalized spacial score (nSPS) is 40.7. The molecule has 0 aromatic carbocycles. The first kappa shape index (κ1) is 12.1. The van der Waals surface area contributed by atoms with Gasteiger partial charge in [-0.3, -0.25) is 4.98 Å². The van der Waals surface area contributed by atoms with Crippen molar-refractivity contribution in [3.63, 3.8) is 0 Å². The van der Waals surface area contributed by atoms with Crippen LogP contribution in [0.2, 0.25) is 0 Å². The highest BCUT2D eigenvalue weighted by Gasteiger charge is 2.69. The first-order chi connectivity index (χ1) is 8.27. The minimum atomic E-state index is -0.126. The largest absolute Gasteiger partial charge is 0.506 e. The van der Waals surface area contributed by atoms with Crippen LogP contribution >= 0.6 is 12.4 Å². The molecule has 3 unspecified atom stereocenters. The molecule has 2 bridgehead atoms. The second kappa shape index (κ2) is 3.77. The Bertz CT molecular complexity index is 489. The number of nitrogens with zero attached hydrogens (tertiary/aromatic N) is 3. The van der Waals surface area contributed by atoms with E-state index in [1.807, 2.05) is 18.5 Å². The molecular formula is C14H18ClN3. The molecule has 1 saturated heterocycles. The Hall–Kier alpha value is -0.960. The Morgan fingerprint density at radius 3 is 2.94 bits per heavy atom. The van der Waals surface area contributed by atoms with Gasteiger partial charge in [0, 0.05) is 42.6 Å². The average molecular weight is 264 g/mol. The molecule has 3 aliphatic rings. The van der Waals surface area contributed by atoms with E-state index in [0.29, 0.717) is 11.5 Å². The van der Waals surface area contributed by atoms with E-state index in [4.69, 9.17) is 0 Å². The maximum absolute atomic E-state index is 10.6. The van der Waals surface area contributed by atoms with Gasteiger partial charge in [-0.05, 0) is 31.4 Å². The summed E-state index contributed by atoms with van der Waals surface area (Å²) >= 11 is 0. The van der Waals surface area contributed by atoms with Crippen LogP contribution in [-0.2, 0) is 5.54 Å². The van der Waals surface area contributed by atoms with Gasteiger partial charge in [-0.1, -0.05) is 0 Å². The van der Waals surface area contributed by atoms with Crippen molar-refractivity contribution < 1.29 is 4.70 Å². The Balaban J connectivity index is 0.000001000. The molecule has 3 atom stereocenters. The zero-order valence-corrected chi connectivity index (χ0v) is 11.2. The third-order valence-electron chi connectivity index (χ3n) is 5.47. The SMILES string of the molecule is Cl.[N-]=[N+]1C2CCCC23CCC1(c1cccnc1)C3. The Morgan fingerprint density at radius 2 is 2.22 bits per heavy atom. The van der Waals surface area contributed by atoms with Crippen molar-refractivity contribution in [3.05, 3.63) is 35.6 Å². The van der Waals surface area contributed by atoms with Crippen molar-refractivity contribution in [2.45, 2.75) is 50.1 Å². The number of halogens is 1. The van der Waals surface area contributed by atoms with Gasteiger partial charge in [-0.25, -0.2) is 0 Å².